The molecule has 0 bridgehead atoms. The van der Waals surface area contributed by atoms with Crippen LogP contribution in [0.2, 0.25) is 0 Å². The van der Waals surface area contributed by atoms with Crippen LogP contribution in [0.25, 0.3) is 10.8 Å². The molecule has 6 heteroatoms. The largest absolute Gasteiger partial charge is 0.508 e. The summed E-state index contributed by atoms with van der Waals surface area (Å²) in [6.07, 6.45) is 2.25. The molecule has 0 saturated carbocycles. The van der Waals surface area contributed by atoms with E-state index in [1.807, 2.05) is 24.3 Å². The molecule has 0 fully saturated rings. The van der Waals surface area contributed by atoms with Gasteiger partial charge < -0.3 is 5.11 Å². The summed E-state index contributed by atoms with van der Waals surface area (Å²) in [7, 11) is 0. The molecular weight excluding hydrogens is 344 g/mol. The maximum Gasteiger partial charge on any atom is 0.216 e. The van der Waals surface area contributed by atoms with Crippen molar-refractivity contribution in [3.8, 4) is 5.75 Å². The summed E-state index contributed by atoms with van der Waals surface area (Å²) in [5.41, 5.74) is 1.94. The highest BCUT2D eigenvalue weighted by Gasteiger charge is 2.09. The van der Waals surface area contributed by atoms with Crippen LogP contribution in [0, 0.1) is 4.77 Å². The molecule has 0 unspecified atom stereocenters. The molecule has 0 spiro atoms. The molecule has 0 radical (unpaired) electrons. The van der Waals surface area contributed by atoms with E-state index >= 15 is 0 Å². The van der Waals surface area contributed by atoms with Gasteiger partial charge in [0, 0.05) is 6.42 Å². The van der Waals surface area contributed by atoms with Crippen LogP contribution >= 0.6 is 12.2 Å². The van der Waals surface area contributed by atoms with Crippen LogP contribution in [0.15, 0.2) is 71.8 Å². The van der Waals surface area contributed by atoms with Crippen molar-refractivity contribution in [3.05, 3.63) is 88.5 Å². The van der Waals surface area contributed by atoms with Crippen molar-refractivity contribution >= 4 is 29.2 Å². The minimum Gasteiger partial charge on any atom is -0.508 e. The number of nitrogens with one attached hydrogen (secondary N) is 1. The zero-order valence-electron chi connectivity index (χ0n) is 13.8. The number of hydrogen-bond acceptors (Lipinski definition) is 4. The Hall–Kier alpha value is -3.25. The van der Waals surface area contributed by atoms with Gasteiger partial charge in [-0.15, -0.1) is 0 Å². The number of hydrogen-bond donors (Lipinski definition) is 2. The fourth-order valence-corrected chi connectivity index (χ4v) is 3.10. The van der Waals surface area contributed by atoms with Gasteiger partial charge in [0.2, 0.25) is 4.77 Å². The van der Waals surface area contributed by atoms with Crippen molar-refractivity contribution in [2.24, 2.45) is 5.10 Å². The lowest BCUT2D eigenvalue weighted by Crippen LogP contribution is -2.01. The van der Waals surface area contributed by atoms with E-state index in [0.717, 1.165) is 17.0 Å². The molecule has 4 aromatic rings. The van der Waals surface area contributed by atoms with Crippen molar-refractivity contribution in [3.63, 3.8) is 0 Å². The van der Waals surface area contributed by atoms with Gasteiger partial charge >= 0.3 is 0 Å². The summed E-state index contributed by atoms with van der Waals surface area (Å²) in [6.45, 7) is 0. The molecule has 2 N–H and O–H groups in total. The number of fused-ring (bicyclic) bond motifs is 1. The van der Waals surface area contributed by atoms with Gasteiger partial charge in [0.15, 0.2) is 5.82 Å². The number of aromatic hydroxyl groups is 1. The van der Waals surface area contributed by atoms with Gasteiger partial charge in [-0.1, -0.05) is 54.6 Å². The SMILES string of the molecule is Oc1cccc(/C=N\n2c(Cc3cccc4ccccc34)n[nH]c2=S)c1. The van der Waals surface area contributed by atoms with Gasteiger partial charge in [0.25, 0.3) is 0 Å². The highest BCUT2D eigenvalue weighted by molar-refractivity contribution is 7.71. The Bertz CT molecular complexity index is 1150. The molecular formula is C20H16N4OS. The smallest absolute Gasteiger partial charge is 0.216 e. The van der Waals surface area contributed by atoms with E-state index in [9.17, 15) is 5.11 Å². The Morgan fingerprint density at radius 2 is 1.88 bits per heavy atom. The van der Waals surface area contributed by atoms with Gasteiger partial charge in [-0.3, -0.25) is 5.10 Å². The van der Waals surface area contributed by atoms with Gasteiger partial charge in [-0.05, 0) is 46.2 Å². The molecule has 0 aliphatic carbocycles. The lowest BCUT2D eigenvalue weighted by atomic mass is 10.0. The van der Waals surface area contributed by atoms with E-state index in [0.29, 0.717) is 11.2 Å². The minimum atomic E-state index is 0.195. The number of nitrogens with zero attached hydrogens (tertiary/aromatic N) is 3. The van der Waals surface area contributed by atoms with Crippen LogP contribution in [-0.2, 0) is 6.42 Å². The predicted molar refractivity (Wildman–Crippen MR) is 105 cm³/mol. The Morgan fingerprint density at radius 3 is 2.77 bits per heavy atom. The first kappa shape index (κ1) is 16.2. The van der Waals surface area contributed by atoms with Crippen molar-refractivity contribution in [1.82, 2.24) is 14.9 Å². The van der Waals surface area contributed by atoms with Crippen LogP contribution in [0.4, 0.5) is 0 Å². The van der Waals surface area contributed by atoms with Gasteiger partial charge in [-0.25, -0.2) is 0 Å². The van der Waals surface area contributed by atoms with E-state index in [4.69, 9.17) is 12.2 Å². The zero-order valence-corrected chi connectivity index (χ0v) is 14.6. The molecule has 1 heterocycles. The lowest BCUT2D eigenvalue weighted by Gasteiger charge is -2.06. The van der Waals surface area contributed by atoms with Crippen molar-refractivity contribution in [2.75, 3.05) is 0 Å². The average Bonchev–Trinajstić information content (AvgIpc) is 3.00. The Morgan fingerprint density at radius 1 is 1.08 bits per heavy atom. The maximum absolute atomic E-state index is 9.57. The molecule has 3 aromatic carbocycles. The number of aromatic amines is 1. The lowest BCUT2D eigenvalue weighted by molar-refractivity contribution is 0.475. The fraction of sp³-hybridized carbons (Fsp3) is 0.0500. The van der Waals surface area contributed by atoms with E-state index in [1.54, 1.807) is 29.1 Å². The third-order valence-electron chi connectivity index (χ3n) is 4.14. The molecule has 0 amide bonds. The Labute approximate surface area is 155 Å². The first-order valence-electron chi connectivity index (χ1n) is 8.17. The average molecular weight is 360 g/mol. The molecule has 1 aromatic heterocycles. The molecule has 26 heavy (non-hydrogen) atoms. The van der Waals surface area contributed by atoms with Crippen LogP contribution in [0.1, 0.15) is 17.0 Å². The van der Waals surface area contributed by atoms with Crippen molar-refractivity contribution < 1.29 is 5.11 Å². The highest BCUT2D eigenvalue weighted by atomic mass is 32.1. The maximum atomic E-state index is 9.57. The Balaban J connectivity index is 1.69. The number of phenols is 1. The second kappa shape index (κ2) is 6.93. The fourth-order valence-electron chi connectivity index (χ4n) is 2.90. The highest BCUT2D eigenvalue weighted by Crippen LogP contribution is 2.21. The number of aromatic nitrogens is 3. The molecule has 128 valence electrons. The summed E-state index contributed by atoms with van der Waals surface area (Å²) >= 11 is 5.31. The summed E-state index contributed by atoms with van der Waals surface area (Å²) in [5.74, 6) is 0.920. The minimum absolute atomic E-state index is 0.195. The van der Waals surface area contributed by atoms with Gasteiger partial charge in [-0.2, -0.15) is 14.9 Å². The summed E-state index contributed by atoms with van der Waals surface area (Å²) in [5, 5.41) is 23.5. The standard InChI is InChI=1S/C20H16N4OS/c25-17-9-3-5-14(11-17)13-21-24-19(22-23-20(24)26)12-16-8-4-7-15-6-1-2-10-18(15)16/h1-11,13,25H,12H2,(H,23,26)/b21-13-. The normalized spacial score (nSPS) is 11.4. The van der Waals surface area contributed by atoms with Crippen LogP contribution < -0.4 is 0 Å². The molecule has 0 saturated heterocycles. The Kier molecular flexibility index (Phi) is 4.33. The van der Waals surface area contributed by atoms with Crippen LogP contribution in [-0.4, -0.2) is 26.2 Å². The number of H-pyrrole nitrogens is 1. The second-order valence-electron chi connectivity index (χ2n) is 5.91. The monoisotopic (exact) mass is 360 g/mol. The van der Waals surface area contributed by atoms with Gasteiger partial charge in [0.05, 0.1) is 6.21 Å². The number of phenolic OH excluding ortho intramolecular Hbond substituents is 1. The van der Waals surface area contributed by atoms with Gasteiger partial charge in [0.1, 0.15) is 5.75 Å². The summed E-state index contributed by atoms with van der Waals surface area (Å²) in [4.78, 5) is 0. The third-order valence-corrected chi connectivity index (χ3v) is 4.40. The molecule has 0 aliphatic rings. The first-order valence-corrected chi connectivity index (χ1v) is 8.58. The quantitative estimate of drug-likeness (QED) is 0.422. The van der Waals surface area contributed by atoms with E-state index < -0.39 is 0 Å². The second-order valence-corrected chi connectivity index (χ2v) is 6.30. The zero-order chi connectivity index (χ0) is 17.9. The van der Waals surface area contributed by atoms with Crippen molar-refractivity contribution in [2.45, 2.75) is 6.42 Å². The predicted octanol–water partition coefficient (Wildman–Crippen LogP) is 4.27. The van der Waals surface area contributed by atoms with Crippen molar-refractivity contribution in [1.29, 1.82) is 0 Å². The van der Waals surface area contributed by atoms with E-state index in [1.165, 1.54) is 10.8 Å². The summed E-state index contributed by atoms with van der Waals surface area (Å²) in [6, 6.07) is 21.4. The molecule has 5 nitrogen and oxygen atoms in total. The van der Waals surface area contributed by atoms with Crippen LogP contribution in [0.5, 0.6) is 5.75 Å². The van der Waals surface area contributed by atoms with E-state index in [2.05, 4.69) is 39.6 Å². The van der Waals surface area contributed by atoms with E-state index in [-0.39, 0.29) is 5.75 Å². The first-order chi connectivity index (χ1) is 12.7. The van der Waals surface area contributed by atoms with Crippen LogP contribution in [0.3, 0.4) is 0 Å². The summed E-state index contributed by atoms with van der Waals surface area (Å²) < 4.78 is 2.04. The number of benzene rings is 3. The number of rotatable bonds is 4. The topological polar surface area (TPSA) is 66.2 Å². The third kappa shape index (κ3) is 3.27. The molecule has 0 atom stereocenters. The molecule has 4 rings (SSSR count). The molecule has 0 aliphatic heterocycles.